The van der Waals surface area contributed by atoms with Crippen LogP contribution in [-0.2, 0) is 4.79 Å². The number of ether oxygens (including phenoxy) is 1. The molecule has 2 amide bonds. The predicted octanol–water partition coefficient (Wildman–Crippen LogP) is 3.09. The van der Waals surface area contributed by atoms with Crippen LogP contribution in [0.5, 0.6) is 5.75 Å². The Morgan fingerprint density at radius 2 is 1.88 bits per heavy atom. The van der Waals surface area contributed by atoms with E-state index in [4.69, 9.17) is 9.15 Å². The summed E-state index contributed by atoms with van der Waals surface area (Å²) in [5.74, 6) is -1.09. The van der Waals surface area contributed by atoms with E-state index in [1.807, 2.05) is 0 Å². The van der Waals surface area contributed by atoms with Gasteiger partial charge in [0.2, 0.25) is 11.5 Å². The topological polar surface area (TPSA) is 80.9 Å². The van der Waals surface area contributed by atoms with Gasteiger partial charge in [-0.3, -0.25) is 14.9 Å². The number of carbonyl (C=O) groups excluding carboxylic acids is 2. The van der Waals surface area contributed by atoms with Crippen molar-refractivity contribution in [3.8, 4) is 5.75 Å². The first kappa shape index (κ1) is 17.3. The maximum atomic E-state index is 13.1. The van der Waals surface area contributed by atoms with Crippen molar-refractivity contribution in [3.63, 3.8) is 0 Å². The molecule has 0 saturated heterocycles. The van der Waals surface area contributed by atoms with Gasteiger partial charge in [-0.25, -0.2) is 9.38 Å². The number of hydrogen-bond acceptors (Lipinski definition) is 5. The Labute approximate surface area is 147 Å². The molecule has 0 aliphatic rings. The second-order valence-electron chi connectivity index (χ2n) is 5.44. The molecule has 2 aromatic carbocycles. The van der Waals surface area contributed by atoms with Gasteiger partial charge in [0.1, 0.15) is 11.4 Å². The van der Waals surface area contributed by atoms with Gasteiger partial charge in [0.25, 0.3) is 5.91 Å². The molecule has 0 aliphatic heterocycles. The lowest BCUT2D eigenvalue weighted by Gasteiger charge is -2.07. The summed E-state index contributed by atoms with van der Waals surface area (Å²) in [4.78, 5) is 27.9. The summed E-state index contributed by atoms with van der Waals surface area (Å²) in [6.07, 6.45) is 0. The number of nitrogens with zero attached hydrogens (tertiary/aromatic N) is 1. The largest absolute Gasteiger partial charge is 0.493 e. The van der Waals surface area contributed by atoms with E-state index in [-0.39, 0.29) is 11.1 Å². The zero-order valence-corrected chi connectivity index (χ0v) is 14.1. The number of nitrogens with one attached hydrogen (secondary N) is 1. The Morgan fingerprint density at radius 3 is 2.54 bits per heavy atom. The Kier molecular flexibility index (Phi) is 4.79. The van der Waals surface area contributed by atoms with Gasteiger partial charge in [-0.15, -0.1) is 0 Å². The van der Waals surface area contributed by atoms with Crippen LogP contribution in [0.15, 0.2) is 57.9 Å². The highest BCUT2D eigenvalue weighted by molar-refractivity contribution is 6.05. The highest BCUT2D eigenvalue weighted by atomic mass is 19.1. The molecule has 1 heterocycles. The van der Waals surface area contributed by atoms with Gasteiger partial charge in [0.15, 0.2) is 11.3 Å². The number of rotatable bonds is 3. The van der Waals surface area contributed by atoms with E-state index in [2.05, 4.69) is 10.3 Å². The molecular formula is C19H15FN2O4. The SMILES string of the molecule is COc1cccc2cc(C(=O)NC(C)=O)c(=Nc3ccc(F)cc3)oc12. The molecule has 0 aliphatic carbocycles. The van der Waals surface area contributed by atoms with Crippen molar-refractivity contribution in [2.24, 2.45) is 4.99 Å². The number of halogens is 1. The van der Waals surface area contributed by atoms with Gasteiger partial charge in [0.05, 0.1) is 12.8 Å². The summed E-state index contributed by atoms with van der Waals surface area (Å²) in [5.41, 5.74) is 0.842. The second kappa shape index (κ2) is 7.18. The summed E-state index contributed by atoms with van der Waals surface area (Å²) in [7, 11) is 1.50. The van der Waals surface area contributed by atoms with Crippen LogP contribution in [0.2, 0.25) is 0 Å². The summed E-state index contributed by atoms with van der Waals surface area (Å²) >= 11 is 0. The third-order valence-electron chi connectivity index (χ3n) is 3.55. The van der Waals surface area contributed by atoms with Crippen molar-refractivity contribution in [1.82, 2.24) is 5.32 Å². The molecule has 0 atom stereocenters. The zero-order chi connectivity index (χ0) is 18.7. The molecule has 132 valence electrons. The van der Waals surface area contributed by atoms with E-state index < -0.39 is 17.6 Å². The van der Waals surface area contributed by atoms with Gasteiger partial charge in [0, 0.05) is 12.3 Å². The number of hydrogen-bond donors (Lipinski definition) is 1. The summed E-state index contributed by atoms with van der Waals surface area (Å²) in [6, 6.07) is 12.2. The summed E-state index contributed by atoms with van der Waals surface area (Å²) in [5, 5.41) is 2.81. The number of para-hydroxylation sites is 1. The van der Waals surface area contributed by atoms with Crippen molar-refractivity contribution in [2.75, 3.05) is 7.11 Å². The van der Waals surface area contributed by atoms with E-state index in [0.29, 0.717) is 22.4 Å². The molecule has 1 aromatic heterocycles. The number of carbonyl (C=O) groups is 2. The summed E-state index contributed by atoms with van der Waals surface area (Å²) < 4.78 is 24.2. The average Bonchev–Trinajstić information content (AvgIpc) is 2.62. The molecule has 6 nitrogen and oxygen atoms in total. The molecule has 3 rings (SSSR count). The van der Waals surface area contributed by atoms with E-state index in [9.17, 15) is 14.0 Å². The fourth-order valence-corrected chi connectivity index (χ4v) is 2.39. The highest BCUT2D eigenvalue weighted by Gasteiger charge is 2.15. The second-order valence-corrected chi connectivity index (χ2v) is 5.44. The lowest BCUT2D eigenvalue weighted by molar-refractivity contribution is -0.118. The third kappa shape index (κ3) is 3.61. The zero-order valence-electron chi connectivity index (χ0n) is 14.1. The maximum Gasteiger partial charge on any atom is 0.263 e. The van der Waals surface area contributed by atoms with Gasteiger partial charge < -0.3 is 9.15 Å². The van der Waals surface area contributed by atoms with Crippen LogP contribution in [0.3, 0.4) is 0 Å². The first-order valence-electron chi connectivity index (χ1n) is 7.71. The maximum absolute atomic E-state index is 13.1. The number of fused-ring (bicyclic) bond motifs is 1. The lowest BCUT2D eigenvalue weighted by Crippen LogP contribution is -2.32. The minimum atomic E-state index is -0.646. The minimum absolute atomic E-state index is 0.0210. The number of benzene rings is 2. The third-order valence-corrected chi connectivity index (χ3v) is 3.55. The van der Waals surface area contributed by atoms with E-state index in [1.165, 1.54) is 38.3 Å². The molecule has 0 fully saturated rings. The van der Waals surface area contributed by atoms with Crippen LogP contribution in [0.4, 0.5) is 10.1 Å². The molecule has 0 unspecified atom stereocenters. The molecule has 0 saturated carbocycles. The molecular weight excluding hydrogens is 339 g/mol. The van der Waals surface area contributed by atoms with Crippen LogP contribution < -0.4 is 15.6 Å². The van der Waals surface area contributed by atoms with Gasteiger partial charge in [-0.05, 0) is 36.4 Å². The normalized spacial score (nSPS) is 11.4. The Bertz CT molecular complexity index is 1060. The highest BCUT2D eigenvalue weighted by Crippen LogP contribution is 2.25. The quantitative estimate of drug-likeness (QED) is 0.784. The van der Waals surface area contributed by atoms with Crippen LogP contribution in [0.25, 0.3) is 11.0 Å². The summed E-state index contributed by atoms with van der Waals surface area (Å²) in [6.45, 7) is 1.23. The predicted molar refractivity (Wildman–Crippen MR) is 92.5 cm³/mol. The number of amides is 2. The van der Waals surface area contributed by atoms with Crippen LogP contribution in [-0.4, -0.2) is 18.9 Å². The van der Waals surface area contributed by atoms with Crippen molar-refractivity contribution in [2.45, 2.75) is 6.92 Å². The Balaban J connectivity index is 2.27. The van der Waals surface area contributed by atoms with Crippen molar-refractivity contribution in [3.05, 3.63) is 65.5 Å². The number of methoxy groups -OCH3 is 1. The van der Waals surface area contributed by atoms with E-state index in [1.54, 1.807) is 24.3 Å². The van der Waals surface area contributed by atoms with Crippen LogP contribution >= 0.6 is 0 Å². The van der Waals surface area contributed by atoms with Crippen LogP contribution in [0.1, 0.15) is 17.3 Å². The van der Waals surface area contributed by atoms with Crippen molar-refractivity contribution >= 4 is 28.5 Å². The first-order chi connectivity index (χ1) is 12.5. The van der Waals surface area contributed by atoms with Crippen LogP contribution in [0, 0.1) is 5.82 Å². The van der Waals surface area contributed by atoms with E-state index >= 15 is 0 Å². The van der Waals surface area contributed by atoms with Crippen molar-refractivity contribution in [1.29, 1.82) is 0 Å². The minimum Gasteiger partial charge on any atom is -0.493 e. The Morgan fingerprint density at radius 1 is 1.15 bits per heavy atom. The molecule has 26 heavy (non-hydrogen) atoms. The molecule has 7 heteroatoms. The average molecular weight is 354 g/mol. The first-order valence-corrected chi connectivity index (χ1v) is 7.71. The van der Waals surface area contributed by atoms with Gasteiger partial charge in [-0.1, -0.05) is 12.1 Å². The van der Waals surface area contributed by atoms with Gasteiger partial charge in [-0.2, -0.15) is 0 Å². The monoisotopic (exact) mass is 354 g/mol. The standard InChI is InChI=1S/C19H15FN2O4/c1-11(23)21-18(24)15-10-12-4-3-5-16(25-2)17(12)26-19(15)22-14-8-6-13(20)7-9-14/h3-10H,1-2H3,(H,21,23,24). The van der Waals surface area contributed by atoms with Gasteiger partial charge >= 0.3 is 0 Å². The molecule has 0 spiro atoms. The molecule has 0 bridgehead atoms. The van der Waals surface area contributed by atoms with Crippen molar-refractivity contribution < 1.29 is 23.1 Å². The molecule has 0 radical (unpaired) electrons. The smallest absolute Gasteiger partial charge is 0.263 e. The molecule has 3 aromatic rings. The lowest BCUT2D eigenvalue weighted by atomic mass is 10.1. The fraction of sp³-hybridized carbons (Fsp3) is 0.105. The number of imide groups is 1. The molecule has 1 N–H and O–H groups in total. The Hall–Kier alpha value is -3.48. The van der Waals surface area contributed by atoms with E-state index in [0.717, 1.165) is 0 Å². The fourth-order valence-electron chi connectivity index (χ4n) is 2.39.